The molecule has 2 atom stereocenters. The number of nitrogens with two attached hydrogens (primary N) is 1. The molecule has 0 saturated carbocycles. The highest BCUT2D eigenvalue weighted by molar-refractivity contribution is 7.89. The van der Waals surface area contributed by atoms with Crippen LogP contribution in [-0.2, 0) is 10.0 Å². The van der Waals surface area contributed by atoms with Gasteiger partial charge in [-0.3, -0.25) is 0 Å². The van der Waals surface area contributed by atoms with E-state index in [1.165, 1.54) is 31.2 Å². The van der Waals surface area contributed by atoms with Gasteiger partial charge in [-0.05, 0) is 50.9 Å². The molecule has 1 aromatic heterocycles. The van der Waals surface area contributed by atoms with Gasteiger partial charge in [-0.1, -0.05) is 0 Å². The Hall–Kier alpha value is -1.18. The zero-order valence-electron chi connectivity index (χ0n) is 11.3. The van der Waals surface area contributed by atoms with E-state index in [0.717, 1.165) is 25.9 Å². The van der Waals surface area contributed by atoms with Crippen LogP contribution >= 0.6 is 0 Å². The summed E-state index contributed by atoms with van der Waals surface area (Å²) in [5, 5.41) is 0. The van der Waals surface area contributed by atoms with Gasteiger partial charge in [0, 0.05) is 18.3 Å². The highest BCUT2D eigenvalue weighted by atomic mass is 32.2. The molecule has 20 heavy (non-hydrogen) atoms. The SMILES string of the molecule is Nc1ccc(S(=O)(=O)NC2CCN3CCCC3C2)cn1. The Kier molecular flexibility index (Phi) is 3.66. The Morgan fingerprint density at radius 3 is 2.90 bits per heavy atom. The van der Waals surface area contributed by atoms with Gasteiger partial charge >= 0.3 is 0 Å². The average molecular weight is 296 g/mol. The average Bonchev–Trinajstić information content (AvgIpc) is 2.86. The first kappa shape index (κ1) is 13.8. The molecule has 6 nitrogen and oxygen atoms in total. The van der Waals surface area contributed by atoms with E-state index in [-0.39, 0.29) is 10.9 Å². The molecule has 2 fully saturated rings. The molecule has 110 valence electrons. The third kappa shape index (κ3) is 2.79. The van der Waals surface area contributed by atoms with E-state index >= 15 is 0 Å². The normalized spacial score (nSPS) is 27.4. The van der Waals surface area contributed by atoms with Crippen LogP contribution in [0.5, 0.6) is 0 Å². The highest BCUT2D eigenvalue weighted by Crippen LogP contribution is 2.27. The van der Waals surface area contributed by atoms with Crippen molar-refractivity contribution in [3.8, 4) is 0 Å². The van der Waals surface area contributed by atoms with Gasteiger partial charge in [0.1, 0.15) is 10.7 Å². The summed E-state index contributed by atoms with van der Waals surface area (Å²) in [7, 11) is -3.49. The Morgan fingerprint density at radius 2 is 2.15 bits per heavy atom. The van der Waals surface area contributed by atoms with Gasteiger partial charge in [0.25, 0.3) is 0 Å². The van der Waals surface area contributed by atoms with Crippen molar-refractivity contribution in [3.63, 3.8) is 0 Å². The van der Waals surface area contributed by atoms with Crippen LogP contribution in [0.15, 0.2) is 23.2 Å². The fraction of sp³-hybridized carbons (Fsp3) is 0.615. The lowest BCUT2D eigenvalue weighted by Crippen LogP contribution is -2.47. The van der Waals surface area contributed by atoms with Gasteiger partial charge in [0.2, 0.25) is 10.0 Å². The fourth-order valence-corrected chi connectivity index (χ4v) is 4.40. The third-order valence-electron chi connectivity index (χ3n) is 4.21. The molecule has 2 aliphatic heterocycles. The van der Waals surface area contributed by atoms with Crippen LogP contribution in [0.4, 0.5) is 5.82 Å². The Labute approximate surface area is 119 Å². The second-order valence-electron chi connectivity index (χ2n) is 5.59. The van der Waals surface area contributed by atoms with Crippen LogP contribution in [0.25, 0.3) is 0 Å². The maximum atomic E-state index is 12.3. The molecular formula is C13H20N4O2S. The lowest BCUT2D eigenvalue weighted by Gasteiger charge is -2.34. The van der Waals surface area contributed by atoms with Gasteiger partial charge in [0.05, 0.1) is 0 Å². The van der Waals surface area contributed by atoms with Crippen molar-refractivity contribution in [2.24, 2.45) is 0 Å². The van der Waals surface area contributed by atoms with Crippen molar-refractivity contribution in [2.45, 2.75) is 42.7 Å². The summed E-state index contributed by atoms with van der Waals surface area (Å²) in [6.07, 6.45) is 5.50. The maximum Gasteiger partial charge on any atom is 0.242 e. The zero-order valence-corrected chi connectivity index (χ0v) is 12.1. The lowest BCUT2D eigenvalue weighted by molar-refractivity contribution is 0.176. The molecule has 0 bridgehead atoms. The minimum atomic E-state index is -3.49. The number of rotatable bonds is 3. The molecule has 7 heteroatoms. The molecular weight excluding hydrogens is 276 g/mol. The molecule has 0 amide bonds. The predicted octanol–water partition coefficient (Wildman–Crippen LogP) is 0.569. The Bertz CT molecular complexity index is 573. The molecule has 2 saturated heterocycles. The van der Waals surface area contributed by atoms with Crippen LogP contribution in [0, 0.1) is 0 Å². The van der Waals surface area contributed by atoms with Gasteiger partial charge in [-0.25, -0.2) is 18.1 Å². The van der Waals surface area contributed by atoms with Crippen molar-refractivity contribution in [3.05, 3.63) is 18.3 Å². The molecule has 2 aliphatic rings. The minimum absolute atomic E-state index is 0.0249. The summed E-state index contributed by atoms with van der Waals surface area (Å²) >= 11 is 0. The van der Waals surface area contributed by atoms with Crippen molar-refractivity contribution in [1.82, 2.24) is 14.6 Å². The first-order chi connectivity index (χ1) is 9.54. The van der Waals surface area contributed by atoms with E-state index in [0.29, 0.717) is 11.9 Å². The number of anilines is 1. The van der Waals surface area contributed by atoms with Crippen LogP contribution in [-0.4, -0.2) is 43.5 Å². The number of aromatic nitrogens is 1. The molecule has 3 N–H and O–H groups in total. The van der Waals surface area contributed by atoms with E-state index < -0.39 is 10.0 Å². The van der Waals surface area contributed by atoms with E-state index in [1.54, 1.807) is 0 Å². The highest BCUT2D eigenvalue weighted by Gasteiger charge is 2.33. The number of fused-ring (bicyclic) bond motifs is 1. The minimum Gasteiger partial charge on any atom is -0.384 e. The van der Waals surface area contributed by atoms with Crippen molar-refractivity contribution in [1.29, 1.82) is 0 Å². The van der Waals surface area contributed by atoms with Crippen LogP contribution < -0.4 is 10.5 Å². The summed E-state index contributed by atoms with van der Waals surface area (Å²) in [4.78, 5) is 6.49. The molecule has 0 radical (unpaired) electrons. The fourth-order valence-electron chi connectivity index (χ4n) is 3.17. The number of piperidine rings is 1. The molecule has 0 aliphatic carbocycles. The van der Waals surface area contributed by atoms with Crippen molar-refractivity contribution >= 4 is 15.8 Å². The van der Waals surface area contributed by atoms with E-state index in [1.807, 2.05) is 0 Å². The third-order valence-corrected chi connectivity index (χ3v) is 5.72. The molecule has 2 unspecified atom stereocenters. The van der Waals surface area contributed by atoms with Gasteiger partial charge in [-0.2, -0.15) is 0 Å². The zero-order chi connectivity index (χ0) is 14.2. The predicted molar refractivity (Wildman–Crippen MR) is 76.6 cm³/mol. The quantitative estimate of drug-likeness (QED) is 0.851. The molecule has 0 spiro atoms. The second kappa shape index (κ2) is 5.31. The number of nitrogens with one attached hydrogen (secondary N) is 1. The lowest BCUT2D eigenvalue weighted by atomic mass is 9.99. The van der Waals surface area contributed by atoms with Gasteiger partial charge in [0.15, 0.2) is 0 Å². The summed E-state index contributed by atoms with van der Waals surface area (Å²) < 4.78 is 27.4. The number of nitrogen functional groups attached to an aromatic ring is 1. The van der Waals surface area contributed by atoms with Crippen LogP contribution in [0.2, 0.25) is 0 Å². The maximum absolute atomic E-state index is 12.3. The summed E-state index contributed by atoms with van der Waals surface area (Å²) in [5.41, 5.74) is 5.48. The standard InChI is InChI=1S/C13H20N4O2S/c14-13-4-3-12(9-15-13)20(18,19)16-10-5-7-17-6-1-2-11(17)8-10/h3-4,9-11,16H,1-2,5-8H2,(H2,14,15). The number of sulfonamides is 1. The number of hydrogen-bond acceptors (Lipinski definition) is 5. The first-order valence-electron chi connectivity index (χ1n) is 7.02. The van der Waals surface area contributed by atoms with Crippen LogP contribution in [0.3, 0.4) is 0 Å². The Balaban J connectivity index is 1.69. The smallest absolute Gasteiger partial charge is 0.242 e. The number of hydrogen-bond donors (Lipinski definition) is 2. The number of pyridine rings is 1. The van der Waals surface area contributed by atoms with Crippen molar-refractivity contribution < 1.29 is 8.42 Å². The monoisotopic (exact) mass is 296 g/mol. The molecule has 1 aromatic rings. The van der Waals surface area contributed by atoms with E-state index in [4.69, 9.17) is 5.73 Å². The Morgan fingerprint density at radius 1 is 1.30 bits per heavy atom. The summed E-state index contributed by atoms with van der Waals surface area (Å²) in [5.74, 6) is 0.322. The second-order valence-corrected chi connectivity index (χ2v) is 7.31. The van der Waals surface area contributed by atoms with E-state index in [2.05, 4.69) is 14.6 Å². The molecule has 3 rings (SSSR count). The molecule has 0 aromatic carbocycles. The van der Waals surface area contributed by atoms with Crippen LogP contribution in [0.1, 0.15) is 25.7 Å². The van der Waals surface area contributed by atoms with Gasteiger partial charge in [-0.15, -0.1) is 0 Å². The molecule has 3 heterocycles. The largest absolute Gasteiger partial charge is 0.384 e. The topological polar surface area (TPSA) is 88.3 Å². The first-order valence-corrected chi connectivity index (χ1v) is 8.51. The van der Waals surface area contributed by atoms with E-state index in [9.17, 15) is 8.42 Å². The van der Waals surface area contributed by atoms with Gasteiger partial charge < -0.3 is 10.6 Å². The summed E-state index contributed by atoms with van der Waals surface area (Å²) in [6, 6.07) is 3.57. The number of nitrogens with zero attached hydrogens (tertiary/aromatic N) is 2. The van der Waals surface area contributed by atoms with Crippen molar-refractivity contribution in [2.75, 3.05) is 18.8 Å². The summed E-state index contributed by atoms with van der Waals surface area (Å²) in [6.45, 7) is 2.14.